The summed E-state index contributed by atoms with van der Waals surface area (Å²) in [7, 11) is 0. The highest BCUT2D eigenvalue weighted by Crippen LogP contribution is 2.27. The maximum Gasteiger partial charge on any atom is 0.350 e. The van der Waals surface area contributed by atoms with Gasteiger partial charge in [-0.25, -0.2) is 4.79 Å². The Balaban J connectivity index is 1.74. The minimum Gasteiger partial charge on any atom is -0.480 e. The Morgan fingerprint density at radius 2 is 2.04 bits per heavy atom. The van der Waals surface area contributed by atoms with Crippen LogP contribution in [0, 0.1) is 6.92 Å². The lowest BCUT2D eigenvalue weighted by Gasteiger charge is -2.09. The van der Waals surface area contributed by atoms with Gasteiger partial charge in [-0.2, -0.15) is 4.98 Å². The Labute approximate surface area is 152 Å². The van der Waals surface area contributed by atoms with Crippen LogP contribution < -0.4 is 15.0 Å². The first-order chi connectivity index (χ1) is 11.9. The van der Waals surface area contributed by atoms with E-state index >= 15 is 0 Å². The van der Waals surface area contributed by atoms with Crippen molar-refractivity contribution in [1.82, 2.24) is 9.38 Å². The standard InChI is InChI=1S/C17H12Cl2N2O4/c1-10-3-2-6-21-15(22)8-14(20-17(10)21)25-16(23)9-24-13-5-4-11(18)7-12(13)19/h2-8H,9H2,1H3. The summed E-state index contributed by atoms with van der Waals surface area (Å²) >= 11 is 11.7. The third-order valence-corrected chi connectivity index (χ3v) is 3.85. The number of hydrogen-bond acceptors (Lipinski definition) is 5. The number of aromatic nitrogens is 2. The molecule has 0 aliphatic carbocycles. The maximum absolute atomic E-state index is 12.1. The first-order valence-electron chi connectivity index (χ1n) is 7.21. The number of hydrogen-bond donors (Lipinski definition) is 0. The number of pyridine rings is 1. The monoisotopic (exact) mass is 378 g/mol. The van der Waals surface area contributed by atoms with E-state index in [1.807, 2.05) is 0 Å². The molecule has 0 bridgehead atoms. The number of nitrogens with zero attached hydrogens (tertiary/aromatic N) is 2. The Hall–Kier alpha value is -2.57. The van der Waals surface area contributed by atoms with E-state index in [0.717, 1.165) is 11.6 Å². The van der Waals surface area contributed by atoms with Gasteiger partial charge in [0.05, 0.1) is 11.1 Å². The molecule has 0 aliphatic heterocycles. The minimum atomic E-state index is -0.712. The number of halogens is 2. The number of carbonyl (C=O) groups is 1. The summed E-state index contributed by atoms with van der Waals surface area (Å²) in [6, 6.07) is 9.31. The van der Waals surface area contributed by atoms with Gasteiger partial charge in [-0.3, -0.25) is 9.20 Å². The van der Waals surface area contributed by atoms with Crippen molar-refractivity contribution in [2.45, 2.75) is 6.92 Å². The molecule has 0 aliphatic rings. The number of fused-ring (bicyclic) bond motifs is 1. The fourth-order valence-electron chi connectivity index (χ4n) is 2.17. The van der Waals surface area contributed by atoms with Crippen molar-refractivity contribution in [2.24, 2.45) is 0 Å². The summed E-state index contributed by atoms with van der Waals surface area (Å²) in [4.78, 5) is 28.2. The van der Waals surface area contributed by atoms with E-state index in [-0.39, 0.29) is 16.5 Å². The number of rotatable bonds is 4. The van der Waals surface area contributed by atoms with Crippen molar-refractivity contribution >= 4 is 34.8 Å². The van der Waals surface area contributed by atoms with Crippen LogP contribution in [-0.4, -0.2) is 22.0 Å². The summed E-state index contributed by atoms with van der Waals surface area (Å²) in [5.41, 5.74) is 0.847. The Morgan fingerprint density at radius 3 is 2.80 bits per heavy atom. The zero-order valence-electron chi connectivity index (χ0n) is 13.0. The molecular formula is C17H12Cl2N2O4. The highest BCUT2D eigenvalue weighted by molar-refractivity contribution is 6.35. The summed E-state index contributed by atoms with van der Waals surface area (Å²) in [5.74, 6) is -0.503. The van der Waals surface area contributed by atoms with Crippen LogP contribution in [0.25, 0.3) is 5.65 Å². The molecule has 2 aromatic heterocycles. The van der Waals surface area contributed by atoms with Gasteiger partial charge in [-0.05, 0) is 36.8 Å². The summed E-state index contributed by atoms with van der Waals surface area (Å²) < 4.78 is 11.7. The molecule has 0 radical (unpaired) electrons. The molecule has 3 aromatic rings. The second kappa shape index (κ2) is 7.13. The third kappa shape index (κ3) is 3.92. The molecule has 2 heterocycles. The van der Waals surface area contributed by atoms with Crippen molar-refractivity contribution in [3.05, 3.63) is 68.6 Å². The second-order valence-corrected chi connectivity index (χ2v) is 6.00. The third-order valence-electron chi connectivity index (χ3n) is 3.32. The van der Waals surface area contributed by atoms with E-state index in [9.17, 15) is 9.59 Å². The quantitative estimate of drug-likeness (QED) is 0.651. The van der Waals surface area contributed by atoms with Crippen LogP contribution in [0.15, 0.2) is 47.4 Å². The van der Waals surface area contributed by atoms with Gasteiger partial charge in [0, 0.05) is 11.2 Å². The second-order valence-electron chi connectivity index (χ2n) is 5.15. The molecule has 0 N–H and O–H groups in total. The van der Waals surface area contributed by atoms with Crippen LogP contribution in [0.2, 0.25) is 10.0 Å². The molecule has 0 atom stereocenters. The molecule has 1 aromatic carbocycles. The van der Waals surface area contributed by atoms with Crippen LogP contribution >= 0.6 is 23.2 Å². The van der Waals surface area contributed by atoms with Crippen LogP contribution in [0.3, 0.4) is 0 Å². The normalized spacial score (nSPS) is 10.7. The lowest BCUT2D eigenvalue weighted by atomic mass is 10.3. The largest absolute Gasteiger partial charge is 0.480 e. The van der Waals surface area contributed by atoms with Crippen LogP contribution in [0.4, 0.5) is 0 Å². The predicted octanol–water partition coefficient (Wildman–Crippen LogP) is 3.29. The molecule has 3 rings (SSSR count). The zero-order chi connectivity index (χ0) is 18.0. The van der Waals surface area contributed by atoms with Crippen molar-refractivity contribution in [2.75, 3.05) is 6.61 Å². The Bertz CT molecular complexity index is 1020. The van der Waals surface area contributed by atoms with Crippen molar-refractivity contribution in [3.63, 3.8) is 0 Å². The summed E-state index contributed by atoms with van der Waals surface area (Å²) in [6.07, 6.45) is 1.59. The lowest BCUT2D eigenvalue weighted by Crippen LogP contribution is -2.21. The minimum absolute atomic E-state index is 0.0879. The first-order valence-corrected chi connectivity index (χ1v) is 7.97. The van der Waals surface area contributed by atoms with Gasteiger partial charge in [0.2, 0.25) is 5.88 Å². The van der Waals surface area contributed by atoms with E-state index in [2.05, 4.69) is 4.98 Å². The van der Waals surface area contributed by atoms with Gasteiger partial charge in [-0.1, -0.05) is 29.3 Å². The van der Waals surface area contributed by atoms with Crippen molar-refractivity contribution in [1.29, 1.82) is 0 Å². The Kier molecular flexibility index (Phi) is 4.92. The van der Waals surface area contributed by atoms with Gasteiger partial charge in [0.25, 0.3) is 5.56 Å². The fraction of sp³-hybridized carbons (Fsp3) is 0.118. The molecule has 128 valence electrons. The van der Waals surface area contributed by atoms with Crippen molar-refractivity contribution < 1.29 is 14.3 Å². The molecule has 0 amide bonds. The number of aryl methyl sites for hydroxylation is 1. The molecule has 0 saturated heterocycles. The van der Waals surface area contributed by atoms with Gasteiger partial charge in [-0.15, -0.1) is 0 Å². The van der Waals surface area contributed by atoms with E-state index < -0.39 is 12.6 Å². The summed E-state index contributed by atoms with van der Waals surface area (Å²) in [5, 5.41) is 0.731. The predicted molar refractivity (Wildman–Crippen MR) is 93.8 cm³/mol. The van der Waals surface area contributed by atoms with E-state index in [4.69, 9.17) is 32.7 Å². The lowest BCUT2D eigenvalue weighted by molar-refractivity contribution is -0.136. The van der Waals surface area contributed by atoms with Gasteiger partial charge in [0.1, 0.15) is 11.4 Å². The van der Waals surface area contributed by atoms with Gasteiger partial charge < -0.3 is 9.47 Å². The Morgan fingerprint density at radius 1 is 1.24 bits per heavy atom. The van der Waals surface area contributed by atoms with E-state index in [0.29, 0.717) is 16.4 Å². The number of esters is 1. The van der Waals surface area contributed by atoms with Crippen molar-refractivity contribution in [3.8, 4) is 11.6 Å². The number of carbonyl (C=O) groups excluding carboxylic acids is 1. The molecular weight excluding hydrogens is 367 g/mol. The van der Waals surface area contributed by atoms with E-state index in [1.165, 1.54) is 10.5 Å². The molecule has 8 heteroatoms. The molecule has 0 spiro atoms. The average molecular weight is 379 g/mol. The maximum atomic E-state index is 12.1. The summed E-state index contributed by atoms with van der Waals surface area (Å²) in [6.45, 7) is 1.41. The number of ether oxygens (including phenoxy) is 2. The molecule has 0 fully saturated rings. The number of benzene rings is 1. The van der Waals surface area contributed by atoms with Crippen LogP contribution in [0.1, 0.15) is 5.56 Å². The molecule has 0 unspecified atom stereocenters. The SMILES string of the molecule is Cc1cccn2c(=O)cc(OC(=O)COc3ccc(Cl)cc3Cl)nc12. The highest BCUT2D eigenvalue weighted by Gasteiger charge is 2.12. The van der Waals surface area contributed by atoms with E-state index in [1.54, 1.807) is 37.4 Å². The fourth-order valence-corrected chi connectivity index (χ4v) is 2.63. The molecule has 0 saturated carbocycles. The first kappa shape index (κ1) is 17.3. The highest BCUT2D eigenvalue weighted by atomic mass is 35.5. The van der Waals surface area contributed by atoms with Crippen LogP contribution in [0.5, 0.6) is 11.6 Å². The smallest absolute Gasteiger partial charge is 0.350 e. The van der Waals surface area contributed by atoms with Gasteiger partial charge in [0.15, 0.2) is 6.61 Å². The van der Waals surface area contributed by atoms with Gasteiger partial charge >= 0.3 is 5.97 Å². The molecule has 25 heavy (non-hydrogen) atoms. The van der Waals surface area contributed by atoms with Crippen LogP contribution in [-0.2, 0) is 4.79 Å². The average Bonchev–Trinajstić information content (AvgIpc) is 2.55. The molecule has 6 nitrogen and oxygen atoms in total. The zero-order valence-corrected chi connectivity index (χ0v) is 14.5. The topological polar surface area (TPSA) is 69.9 Å².